The minimum Gasteiger partial charge on any atom is -0.379 e. The maximum absolute atomic E-state index is 13.7. The highest BCUT2D eigenvalue weighted by molar-refractivity contribution is 5.54. The Hall–Kier alpha value is -1.83. The van der Waals surface area contributed by atoms with Gasteiger partial charge in [-0.15, -0.1) is 0 Å². The number of halogens is 1. The smallest absolute Gasteiger partial charge is 0.241 e. The highest BCUT2D eigenvalue weighted by Crippen LogP contribution is 2.19. The van der Waals surface area contributed by atoms with Gasteiger partial charge in [0.2, 0.25) is 11.7 Å². The maximum atomic E-state index is 13.7. The van der Waals surface area contributed by atoms with Gasteiger partial charge in [-0.3, -0.25) is 9.80 Å². The molecule has 0 aliphatic carbocycles. The Morgan fingerprint density at radius 3 is 2.83 bits per heavy atom. The topological polar surface area (TPSA) is 54.6 Å². The van der Waals surface area contributed by atoms with Crippen molar-refractivity contribution >= 4 is 0 Å². The van der Waals surface area contributed by atoms with E-state index >= 15 is 0 Å². The third-order valence-electron chi connectivity index (χ3n) is 4.20. The number of aromatic nitrogens is 2. The molecule has 0 radical (unpaired) electrons. The Labute approximate surface area is 141 Å². The van der Waals surface area contributed by atoms with E-state index < -0.39 is 0 Å². The molecule has 0 spiro atoms. The Balaban J connectivity index is 1.54. The van der Waals surface area contributed by atoms with Gasteiger partial charge in [-0.05, 0) is 25.6 Å². The van der Waals surface area contributed by atoms with Gasteiger partial charge in [0.25, 0.3) is 0 Å². The minimum absolute atomic E-state index is 0.263. The van der Waals surface area contributed by atoms with Crippen LogP contribution in [0.25, 0.3) is 11.4 Å². The lowest BCUT2D eigenvalue weighted by molar-refractivity contribution is 0.0338. The predicted octanol–water partition coefficient (Wildman–Crippen LogP) is 1.95. The van der Waals surface area contributed by atoms with Crippen LogP contribution in [-0.2, 0) is 11.3 Å². The molecule has 7 heteroatoms. The molecule has 2 heterocycles. The van der Waals surface area contributed by atoms with Crippen LogP contribution in [-0.4, -0.2) is 66.4 Å². The van der Waals surface area contributed by atoms with Crippen molar-refractivity contribution in [2.24, 2.45) is 0 Å². The summed E-state index contributed by atoms with van der Waals surface area (Å²) in [6, 6.07) is 4.95. The lowest BCUT2D eigenvalue weighted by Crippen LogP contribution is -2.40. The molecule has 1 fully saturated rings. The van der Waals surface area contributed by atoms with Crippen LogP contribution in [0.15, 0.2) is 22.7 Å². The number of nitrogens with zero attached hydrogens (tertiary/aromatic N) is 4. The van der Waals surface area contributed by atoms with Gasteiger partial charge >= 0.3 is 0 Å². The monoisotopic (exact) mass is 334 g/mol. The van der Waals surface area contributed by atoms with Crippen LogP contribution in [0.4, 0.5) is 4.39 Å². The summed E-state index contributed by atoms with van der Waals surface area (Å²) >= 11 is 0. The molecular weight excluding hydrogens is 311 g/mol. The van der Waals surface area contributed by atoms with Crippen molar-refractivity contribution in [1.82, 2.24) is 19.9 Å². The van der Waals surface area contributed by atoms with E-state index in [0.29, 0.717) is 29.4 Å². The van der Waals surface area contributed by atoms with Crippen molar-refractivity contribution in [3.63, 3.8) is 0 Å². The van der Waals surface area contributed by atoms with Gasteiger partial charge in [-0.25, -0.2) is 4.39 Å². The van der Waals surface area contributed by atoms with E-state index in [-0.39, 0.29) is 5.82 Å². The average Bonchev–Trinajstić information content (AvgIpc) is 3.05. The minimum atomic E-state index is -0.263. The highest BCUT2D eigenvalue weighted by atomic mass is 19.1. The van der Waals surface area contributed by atoms with Gasteiger partial charge in [-0.2, -0.15) is 4.98 Å². The third-order valence-corrected chi connectivity index (χ3v) is 4.20. The Morgan fingerprint density at radius 2 is 2.08 bits per heavy atom. The van der Waals surface area contributed by atoms with Crippen LogP contribution in [0.1, 0.15) is 11.5 Å². The Kier molecular flexibility index (Phi) is 5.55. The number of likely N-dealkylation sites (N-methyl/N-ethyl adjacent to an activating group) is 1. The molecule has 6 nitrogen and oxygen atoms in total. The number of hydrogen-bond donors (Lipinski definition) is 0. The molecule has 0 saturated carbocycles. The van der Waals surface area contributed by atoms with Gasteiger partial charge in [0.15, 0.2) is 0 Å². The van der Waals surface area contributed by atoms with Gasteiger partial charge in [0.05, 0.1) is 19.8 Å². The maximum Gasteiger partial charge on any atom is 0.241 e. The molecule has 1 saturated heterocycles. The summed E-state index contributed by atoms with van der Waals surface area (Å²) in [5.74, 6) is 0.697. The molecule has 0 unspecified atom stereocenters. The summed E-state index contributed by atoms with van der Waals surface area (Å²) in [5, 5.41) is 3.95. The third kappa shape index (κ3) is 4.37. The number of aryl methyl sites for hydroxylation is 1. The van der Waals surface area contributed by atoms with Crippen LogP contribution in [0.2, 0.25) is 0 Å². The van der Waals surface area contributed by atoms with E-state index in [1.165, 1.54) is 6.07 Å². The van der Waals surface area contributed by atoms with Gasteiger partial charge in [0.1, 0.15) is 5.82 Å². The molecule has 0 N–H and O–H groups in total. The molecule has 24 heavy (non-hydrogen) atoms. The first kappa shape index (κ1) is 17.0. The van der Waals surface area contributed by atoms with Gasteiger partial charge in [0, 0.05) is 31.7 Å². The summed E-state index contributed by atoms with van der Waals surface area (Å²) in [4.78, 5) is 8.89. The molecule has 1 aromatic carbocycles. The average molecular weight is 334 g/mol. The quantitative estimate of drug-likeness (QED) is 0.805. The van der Waals surface area contributed by atoms with E-state index in [1.54, 1.807) is 19.1 Å². The molecule has 2 aromatic rings. The fourth-order valence-corrected chi connectivity index (χ4v) is 2.62. The van der Waals surface area contributed by atoms with Crippen molar-refractivity contribution in [2.75, 3.05) is 46.4 Å². The zero-order valence-electron chi connectivity index (χ0n) is 14.2. The summed E-state index contributed by atoms with van der Waals surface area (Å²) < 4.78 is 24.3. The first-order valence-corrected chi connectivity index (χ1v) is 8.19. The lowest BCUT2D eigenvalue weighted by atomic mass is 10.1. The second kappa shape index (κ2) is 7.83. The molecular formula is C17H23FN4O2. The molecule has 1 aliphatic rings. The molecule has 1 aromatic heterocycles. The van der Waals surface area contributed by atoms with E-state index in [2.05, 4.69) is 19.9 Å². The van der Waals surface area contributed by atoms with Crippen molar-refractivity contribution < 1.29 is 13.7 Å². The van der Waals surface area contributed by atoms with E-state index in [9.17, 15) is 4.39 Å². The molecule has 130 valence electrons. The SMILES string of the molecule is Cc1ccc(-c2noc(CN(C)CCN3CCOCC3)n2)cc1F. The fraction of sp³-hybridized carbons (Fsp3) is 0.529. The zero-order chi connectivity index (χ0) is 16.9. The zero-order valence-corrected chi connectivity index (χ0v) is 14.2. The number of benzene rings is 1. The van der Waals surface area contributed by atoms with Crippen LogP contribution in [0.3, 0.4) is 0 Å². The van der Waals surface area contributed by atoms with Crippen molar-refractivity contribution in [3.8, 4) is 11.4 Å². The molecule has 0 amide bonds. The van der Waals surface area contributed by atoms with Crippen molar-refractivity contribution in [2.45, 2.75) is 13.5 Å². The van der Waals surface area contributed by atoms with Crippen LogP contribution < -0.4 is 0 Å². The highest BCUT2D eigenvalue weighted by Gasteiger charge is 2.14. The largest absolute Gasteiger partial charge is 0.379 e. The van der Waals surface area contributed by atoms with E-state index in [1.807, 2.05) is 7.05 Å². The van der Waals surface area contributed by atoms with E-state index in [4.69, 9.17) is 9.26 Å². The van der Waals surface area contributed by atoms with E-state index in [0.717, 1.165) is 39.4 Å². The van der Waals surface area contributed by atoms with Crippen molar-refractivity contribution in [3.05, 3.63) is 35.5 Å². The molecule has 0 bridgehead atoms. The summed E-state index contributed by atoms with van der Waals surface area (Å²) in [6.45, 7) is 7.79. The Bertz CT molecular complexity index is 670. The van der Waals surface area contributed by atoms with Gasteiger partial charge in [-0.1, -0.05) is 17.3 Å². The summed E-state index contributed by atoms with van der Waals surface area (Å²) in [6.07, 6.45) is 0. The molecule has 0 atom stereocenters. The second-order valence-electron chi connectivity index (χ2n) is 6.17. The van der Waals surface area contributed by atoms with Crippen LogP contribution >= 0.6 is 0 Å². The predicted molar refractivity (Wildman–Crippen MR) is 88.0 cm³/mol. The first-order valence-electron chi connectivity index (χ1n) is 8.19. The fourth-order valence-electron chi connectivity index (χ4n) is 2.62. The first-order chi connectivity index (χ1) is 11.6. The number of ether oxygens (including phenoxy) is 1. The Morgan fingerprint density at radius 1 is 1.29 bits per heavy atom. The number of hydrogen-bond acceptors (Lipinski definition) is 6. The summed E-state index contributed by atoms with van der Waals surface area (Å²) in [7, 11) is 2.02. The number of rotatable bonds is 6. The van der Waals surface area contributed by atoms with Crippen LogP contribution in [0, 0.1) is 12.7 Å². The molecule has 3 rings (SSSR count). The standard InChI is InChI=1S/C17H23FN4O2/c1-13-3-4-14(11-15(13)18)17-19-16(24-20-17)12-21(2)5-6-22-7-9-23-10-8-22/h3-4,11H,5-10,12H2,1-2H3. The molecule has 1 aliphatic heterocycles. The van der Waals surface area contributed by atoms with Crippen LogP contribution in [0.5, 0.6) is 0 Å². The number of morpholine rings is 1. The van der Waals surface area contributed by atoms with Gasteiger partial charge < -0.3 is 9.26 Å². The van der Waals surface area contributed by atoms with Crippen molar-refractivity contribution in [1.29, 1.82) is 0 Å². The normalized spacial score (nSPS) is 16.0. The summed E-state index contributed by atoms with van der Waals surface area (Å²) in [5.41, 5.74) is 1.23. The lowest BCUT2D eigenvalue weighted by Gasteiger charge is -2.28. The second-order valence-corrected chi connectivity index (χ2v) is 6.17.